The quantitative estimate of drug-likeness (QED) is 0.594. The van der Waals surface area contributed by atoms with Crippen LogP contribution in [0.25, 0.3) is 10.9 Å². The molecular weight excluding hydrogens is 211 g/mol. The molecule has 82 valence electrons. The minimum absolute atomic E-state index is 0.172. The van der Waals surface area contributed by atoms with Crippen molar-refractivity contribution in [2.24, 2.45) is 0 Å². The summed E-state index contributed by atoms with van der Waals surface area (Å²) in [5, 5.41) is 0.531. The van der Waals surface area contributed by atoms with Crippen LogP contribution in [0.3, 0.4) is 0 Å². The van der Waals surface area contributed by atoms with E-state index in [1.54, 1.807) is 6.07 Å². The molecule has 0 aliphatic carbocycles. The smallest absolute Gasteiger partial charge is 0.212 e. The lowest BCUT2D eigenvalue weighted by Gasteiger charge is -1.94. The highest BCUT2D eigenvalue weighted by molar-refractivity contribution is 6.10. The van der Waals surface area contributed by atoms with Crippen LogP contribution in [0, 0.1) is 5.82 Å². The van der Waals surface area contributed by atoms with Gasteiger partial charge in [-0.25, -0.2) is 4.39 Å². The summed E-state index contributed by atoms with van der Waals surface area (Å²) in [6.07, 6.45) is -0.389. The Kier molecular flexibility index (Phi) is 1.79. The molecule has 0 saturated carbocycles. The fourth-order valence-corrected chi connectivity index (χ4v) is 1.74. The number of hydrogen-bond acceptors (Lipinski definition) is 3. The summed E-state index contributed by atoms with van der Waals surface area (Å²) in [5.74, 6) is -0.547. The molecule has 1 fully saturated rings. The van der Waals surface area contributed by atoms with E-state index in [9.17, 15) is 9.18 Å². The van der Waals surface area contributed by atoms with Crippen LogP contribution in [0.15, 0.2) is 18.2 Å². The van der Waals surface area contributed by atoms with E-state index in [-0.39, 0.29) is 23.4 Å². The van der Waals surface area contributed by atoms with E-state index in [0.29, 0.717) is 23.2 Å². The first-order valence-electron chi connectivity index (χ1n) is 4.89. The van der Waals surface area contributed by atoms with Gasteiger partial charge in [-0.1, -0.05) is 0 Å². The van der Waals surface area contributed by atoms with Gasteiger partial charge in [-0.3, -0.25) is 4.79 Å². The van der Waals surface area contributed by atoms with E-state index in [1.165, 1.54) is 12.1 Å². The predicted octanol–water partition coefficient (Wildman–Crippen LogP) is 1.47. The summed E-state index contributed by atoms with van der Waals surface area (Å²) in [5.41, 5.74) is 7.05. The number of nitrogens with two attached hydrogens (primary N) is 1. The number of Topliss-reactive ketones (excluding diaryl/α,β-unsaturated/α-hetero) is 1. The van der Waals surface area contributed by atoms with E-state index in [4.69, 9.17) is 10.5 Å². The topological polar surface area (TPSA) is 71.4 Å². The van der Waals surface area contributed by atoms with Crippen molar-refractivity contribution in [3.05, 3.63) is 29.7 Å². The van der Waals surface area contributed by atoms with Crippen molar-refractivity contribution in [1.29, 1.82) is 0 Å². The fraction of sp³-hybridized carbons (Fsp3) is 0.182. The molecule has 1 atom stereocenters. The number of rotatable bonds is 2. The Labute approximate surface area is 90.2 Å². The van der Waals surface area contributed by atoms with Crippen molar-refractivity contribution in [3.8, 4) is 0 Å². The normalized spacial score (nSPS) is 18.9. The zero-order valence-corrected chi connectivity index (χ0v) is 8.29. The standard InChI is InChI=1S/C11H9FN2O2/c12-5-1-2-7-6(3-5)9(13)10(14-7)11(15)8-4-16-8/h1-3,8,14H,4,13H2. The van der Waals surface area contributed by atoms with Crippen LogP contribution < -0.4 is 5.73 Å². The largest absolute Gasteiger partial charge is 0.396 e. The van der Waals surface area contributed by atoms with Crippen LogP contribution in [-0.2, 0) is 4.74 Å². The molecule has 5 heteroatoms. The van der Waals surface area contributed by atoms with Gasteiger partial charge >= 0.3 is 0 Å². The Hall–Kier alpha value is -1.88. The van der Waals surface area contributed by atoms with Crippen LogP contribution in [0.4, 0.5) is 10.1 Å². The molecule has 3 N–H and O–H groups in total. The van der Waals surface area contributed by atoms with Crippen molar-refractivity contribution >= 4 is 22.4 Å². The minimum atomic E-state index is -0.389. The maximum absolute atomic E-state index is 13.0. The number of hydrogen-bond donors (Lipinski definition) is 2. The third kappa shape index (κ3) is 1.29. The summed E-state index contributed by atoms with van der Waals surface area (Å²) in [6, 6.07) is 4.19. The van der Waals surface area contributed by atoms with Crippen LogP contribution >= 0.6 is 0 Å². The summed E-state index contributed by atoms with van der Waals surface area (Å²) < 4.78 is 17.9. The lowest BCUT2D eigenvalue weighted by molar-refractivity contribution is 0.0950. The second kappa shape index (κ2) is 3.05. The Morgan fingerprint density at radius 1 is 1.56 bits per heavy atom. The molecule has 1 unspecified atom stereocenters. The number of H-pyrrole nitrogens is 1. The number of ether oxygens (including phenoxy) is 1. The summed E-state index contributed by atoms with van der Waals surface area (Å²) in [4.78, 5) is 14.6. The second-order valence-corrected chi connectivity index (χ2v) is 3.79. The molecule has 0 spiro atoms. The number of aromatic nitrogens is 1. The maximum Gasteiger partial charge on any atom is 0.212 e. The average molecular weight is 220 g/mol. The highest BCUT2D eigenvalue weighted by Crippen LogP contribution is 2.28. The Morgan fingerprint density at radius 2 is 2.31 bits per heavy atom. The summed E-state index contributed by atoms with van der Waals surface area (Å²) in [6.45, 7) is 0.433. The zero-order chi connectivity index (χ0) is 11.3. The van der Waals surface area contributed by atoms with Gasteiger partial charge < -0.3 is 15.5 Å². The van der Waals surface area contributed by atoms with Crippen LogP contribution in [-0.4, -0.2) is 23.5 Å². The number of halogens is 1. The van der Waals surface area contributed by atoms with E-state index in [2.05, 4.69) is 4.98 Å². The first-order valence-corrected chi connectivity index (χ1v) is 4.89. The van der Waals surface area contributed by atoms with Crippen LogP contribution in [0.5, 0.6) is 0 Å². The number of nitrogen functional groups attached to an aromatic ring is 1. The fourth-order valence-electron chi connectivity index (χ4n) is 1.74. The van der Waals surface area contributed by atoms with E-state index < -0.39 is 0 Å². The van der Waals surface area contributed by atoms with Crippen molar-refractivity contribution in [2.45, 2.75) is 6.10 Å². The highest BCUT2D eigenvalue weighted by atomic mass is 19.1. The first-order chi connectivity index (χ1) is 7.66. The minimum Gasteiger partial charge on any atom is -0.396 e. The van der Waals surface area contributed by atoms with Gasteiger partial charge in [-0.15, -0.1) is 0 Å². The third-order valence-electron chi connectivity index (χ3n) is 2.67. The molecule has 1 aromatic heterocycles. The van der Waals surface area contributed by atoms with Gasteiger partial charge in [-0.05, 0) is 18.2 Å². The SMILES string of the molecule is Nc1c(C(=O)C2CO2)[nH]c2ccc(F)cc12. The number of anilines is 1. The lowest BCUT2D eigenvalue weighted by atomic mass is 10.1. The zero-order valence-electron chi connectivity index (χ0n) is 8.29. The van der Waals surface area contributed by atoms with E-state index in [1.807, 2.05) is 0 Å². The number of carbonyl (C=O) groups excluding carboxylic acids is 1. The lowest BCUT2D eigenvalue weighted by Crippen LogP contribution is -2.09. The Morgan fingerprint density at radius 3 is 3.00 bits per heavy atom. The molecule has 1 saturated heterocycles. The van der Waals surface area contributed by atoms with Crippen LogP contribution in [0.1, 0.15) is 10.5 Å². The van der Waals surface area contributed by atoms with Gasteiger partial charge in [0.25, 0.3) is 0 Å². The summed E-state index contributed by atoms with van der Waals surface area (Å²) >= 11 is 0. The molecule has 4 nitrogen and oxygen atoms in total. The Bertz CT molecular complexity index is 587. The third-order valence-corrected chi connectivity index (χ3v) is 2.67. The molecule has 1 aliphatic rings. The number of benzene rings is 1. The van der Waals surface area contributed by atoms with Gasteiger partial charge in [0, 0.05) is 10.9 Å². The van der Waals surface area contributed by atoms with Gasteiger partial charge in [-0.2, -0.15) is 0 Å². The van der Waals surface area contributed by atoms with Crippen molar-refractivity contribution in [3.63, 3.8) is 0 Å². The highest BCUT2D eigenvalue weighted by Gasteiger charge is 2.34. The number of nitrogens with one attached hydrogen (secondary N) is 1. The first kappa shape index (κ1) is 9.35. The van der Waals surface area contributed by atoms with E-state index >= 15 is 0 Å². The molecule has 0 bridgehead atoms. The summed E-state index contributed by atoms with van der Waals surface area (Å²) in [7, 11) is 0. The molecule has 16 heavy (non-hydrogen) atoms. The Balaban J connectivity index is 2.18. The van der Waals surface area contributed by atoms with Crippen molar-refractivity contribution in [2.75, 3.05) is 12.3 Å². The number of aromatic amines is 1. The van der Waals surface area contributed by atoms with Gasteiger partial charge in [0.1, 0.15) is 17.6 Å². The maximum atomic E-state index is 13.0. The molecular formula is C11H9FN2O2. The number of carbonyl (C=O) groups is 1. The molecule has 3 rings (SSSR count). The number of epoxide rings is 1. The van der Waals surface area contributed by atoms with Gasteiger partial charge in [0.05, 0.1) is 12.3 Å². The van der Waals surface area contributed by atoms with Gasteiger partial charge in [0.15, 0.2) is 0 Å². The monoisotopic (exact) mass is 220 g/mol. The molecule has 1 aromatic carbocycles. The molecule has 2 heterocycles. The van der Waals surface area contributed by atoms with Crippen molar-refractivity contribution in [1.82, 2.24) is 4.98 Å². The molecule has 1 aliphatic heterocycles. The number of ketones is 1. The van der Waals surface area contributed by atoms with Gasteiger partial charge in [0.2, 0.25) is 5.78 Å². The second-order valence-electron chi connectivity index (χ2n) is 3.79. The molecule has 2 aromatic rings. The molecule has 0 amide bonds. The van der Waals surface area contributed by atoms with Crippen molar-refractivity contribution < 1.29 is 13.9 Å². The predicted molar refractivity (Wildman–Crippen MR) is 56.7 cm³/mol. The average Bonchev–Trinajstić information content (AvgIpc) is 3.05. The van der Waals surface area contributed by atoms with Crippen LogP contribution in [0.2, 0.25) is 0 Å². The van der Waals surface area contributed by atoms with E-state index in [0.717, 1.165) is 0 Å². The molecule has 0 radical (unpaired) electrons. The number of fused-ring (bicyclic) bond motifs is 1.